The maximum Gasteiger partial charge on any atom is 0.230 e. The third-order valence-electron chi connectivity index (χ3n) is 5.43. The van der Waals surface area contributed by atoms with Gasteiger partial charge in [-0.25, -0.2) is 0 Å². The highest BCUT2D eigenvalue weighted by Gasteiger charge is 2.34. The van der Waals surface area contributed by atoms with Gasteiger partial charge >= 0.3 is 0 Å². The summed E-state index contributed by atoms with van der Waals surface area (Å²) < 4.78 is 5.90. The van der Waals surface area contributed by atoms with E-state index in [4.69, 9.17) is 4.42 Å². The van der Waals surface area contributed by atoms with E-state index in [9.17, 15) is 0 Å². The van der Waals surface area contributed by atoms with E-state index in [-0.39, 0.29) is 5.54 Å². The third kappa shape index (κ3) is 4.66. The lowest BCUT2D eigenvalue weighted by Crippen LogP contribution is -2.58. The van der Waals surface area contributed by atoms with Crippen molar-refractivity contribution < 1.29 is 4.42 Å². The molecule has 0 radical (unpaired) electrons. The van der Waals surface area contributed by atoms with Crippen molar-refractivity contribution in [1.82, 2.24) is 20.0 Å². The molecule has 146 valence electrons. The lowest BCUT2D eigenvalue weighted by molar-refractivity contribution is 0.00705. The second kappa shape index (κ2) is 8.25. The van der Waals surface area contributed by atoms with Crippen molar-refractivity contribution in [3.8, 4) is 0 Å². The first-order valence-corrected chi connectivity index (χ1v) is 9.95. The van der Waals surface area contributed by atoms with E-state index in [1.807, 2.05) is 18.2 Å². The number of piperazine rings is 1. The van der Waals surface area contributed by atoms with Crippen molar-refractivity contribution >= 4 is 0 Å². The molecule has 3 aromatic rings. The van der Waals surface area contributed by atoms with Crippen LogP contribution in [-0.4, -0.2) is 45.2 Å². The summed E-state index contributed by atoms with van der Waals surface area (Å²) >= 11 is 0. The minimum atomic E-state index is 0.0982. The maximum atomic E-state index is 5.90. The lowest BCUT2D eigenvalue weighted by Gasteiger charge is -2.47. The van der Waals surface area contributed by atoms with E-state index >= 15 is 0 Å². The summed E-state index contributed by atoms with van der Waals surface area (Å²) in [5.74, 6) is 1.39. The molecule has 0 spiro atoms. The highest BCUT2D eigenvalue weighted by molar-refractivity contribution is 5.18. The Hall–Kier alpha value is -2.50. The van der Waals surface area contributed by atoms with E-state index in [1.54, 1.807) is 0 Å². The van der Waals surface area contributed by atoms with Crippen LogP contribution < -0.4 is 0 Å². The third-order valence-corrected chi connectivity index (χ3v) is 5.43. The fourth-order valence-corrected chi connectivity index (χ4v) is 3.91. The molecule has 1 saturated heterocycles. The standard InChI is InChI=1S/C23H28N4O/c1-23(2)18-26(13-14-27(23)16-20-11-7-4-8-12-20)17-22-25-24-21(28-22)15-19-9-5-3-6-10-19/h3-12H,13-18H2,1-2H3. The Morgan fingerprint density at radius 2 is 1.46 bits per heavy atom. The van der Waals surface area contributed by atoms with Crippen molar-refractivity contribution in [2.24, 2.45) is 0 Å². The first-order chi connectivity index (χ1) is 13.6. The van der Waals surface area contributed by atoms with Crippen LogP contribution in [0.15, 0.2) is 65.1 Å². The van der Waals surface area contributed by atoms with E-state index in [0.717, 1.165) is 26.2 Å². The minimum absolute atomic E-state index is 0.0982. The van der Waals surface area contributed by atoms with Crippen molar-refractivity contribution in [2.75, 3.05) is 19.6 Å². The zero-order valence-electron chi connectivity index (χ0n) is 16.7. The van der Waals surface area contributed by atoms with Gasteiger partial charge in [0.25, 0.3) is 0 Å². The molecule has 1 aromatic heterocycles. The molecule has 0 amide bonds. The molecule has 2 aromatic carbocycles. The van der Waals surface area contributed by atoms with Crippen molar-refractivity contribution in [2.45, 2.75) is 38.9 Å². The summed E-state index contributed by atoms with van der Waals surface area (Å²) in [6.07, 6.45) is 0.685. The number of aromatic nitrogens is 2. The summed E-state index contributed by atoms with van der Waals surface area (Å²) in [5.41, 5.74) is 2.65. The first-order valence-electron chi connectivity index (χ1n) is 9.95. The fraction of sp³-hybridized carbons (Fsp3) is 0.391. The van der Waals surface area contributed by atoms with Gasteiger partial charge in [-0.2, -0.15) is 0 Å². The van der Waals surface area contributed by atoms with Crippen LogP contribution in [0.3, 0.4) is 0 Å². The predicted molar refractivity (Wildman–Crippen MR) is 110 cm³/mol. The number of nitrogens with zero attached hydrogens (tertiary/aromatic N) is 4. The van der Waals surface area contributed by atoms with Gasteiger partial charge in [-0.1, -0.05) is 60.7 Å². The molecule has 0 unspecified atom stereocenters. The predicted octanol–water partition coefficient (Wildman–Crippen LogP) is 3.76. The number of hydrogen-bond acceptors (Lipinski definition) is 5. The molecule has 0 bridgehead atoms. The SMILES string of the molecule is CC1(C)CN(Cc2nnc(Cc3ccccc3)o2)CCN1Cc1ccccc1. The van der Waals surface area contributed by atoms with Crippen LogP contribution in [0.2, 0.25) is 0 Å². The van der Waals surface area contributed by atoms with Crippen LogP contribution in [0.4, 0.5) is 0 Å². The largest absolute Gasteiger partial charge is 0.424 e. The average Bonchev–Trinajstić information content (AvgIpc) is 3.12. The number of rotatable bonds is 6. The van der Waals surface area contributed by atoms with Gasteiger partial charge in [0, 0.05) is 31.7 Å². The van der Waals surface area contributed by atoms with Crippen LogP contribution in [-0.2, 0) is 19.5 Å². The zero-order valence-corrected chi connectivity index (χ0v) is 16.7. The van der Waals surface area contributed by atoms with Crippen LogP contribution in [0.25, 0.3) is 0 Å². The lowest BCUT2D eigenvalue weighted by atomic mass is 9.97. The van der Waals surface area contributed by atoms with Crippen molar-refractivity contribution in [3.05, 3.63) is 83.6 Å². The van der Waals surface area contributed by atoms with Gasteiger partial charge < -0.3 is 4.42 Å². The summed E-state index contributed by atoms with van der Waals surface area (Å²) in [6, 6.07) is 20.9. The van der Waals surface area contributed by atoms with Crippen molar-refractivity contribution in [1.29, 1.82) is 0 Å². The molecule has 1 fully saturated rings. The first kappa shape index (κ1) is 18.8. The average molecular weight is 377 g/mol. The summed E-state index contributed by atoms with van der Waals surface area (Å²) in [6.45, 7) is 9.36. The Labute approximate surface area is 167 Å². The molecule has 5 heteroatoms. The van der Waals surface area contributed by atoms with E-state index in [1.165, 1.54) is 11.1 Å². The second-order valence-electron chi connectivity index (χ2n) is 8.18. The minimum Gasteiger partial charge on any atom is -0.424 e. The van der Waals surface area contributed by atoms with Crippen molar-refractivity contribution in [3.63, 3.8) is 0 Å². The van der Waals surface area contributed by atoms with Gasteiger partial charge in [-0.05, 0) is 25.0 Å². The van der Waals surface area contributed by atoms with Crippen LogP contribution in [0, 0.1) is 0 Å². The van der Waals surface area contributed by atoms with E-state index in [2.05, 4.69) is 76.3 Å². The summed E-state index contributed by atoms with van der Waals surface area (Å²) in [4.78, 5) is 4.98. The molecule has 0 aliphatic carbocycles. The van der Waals surface area contributed by atoms with E-state index in [0.29, 0.717) is 24.7 Å². The number of hydrogen-bond donors (Lipinski definition) is 0. The Balaban J connectivity index is 1.34. The molecule has 0 saturated carbocycles. The van der Waals surface area contributed by atoms with Gasteiger partial charge in [-0.3, -0.25) is 9.80 Å². The van der Waals surface area contributed by atoms with E-state index < -0.39 is 0 Å². The quantitative estimate of drug-likeness (QED) is 0.655. The monoisotopic (exact) mass is 376 g/mol. The van der Waals surface area contributed by atoms with Gasteiger partial charge in [0.05, 0.1) is 13.0 Å². The molecule has 0 atom stereocenters. The fourth-order valence-electron chi connectivity index (χ4n) is 3.91. The molecular weight excluding hydrogens is 348 g/mol. The molecule has 5 nitrogen and oxygen atoms in total. The summed E-state index contributed by atoms with van der Waals surface area (Å²) in [7, 11) is 0. The maximum absolute atomic E-state index is 5.90. The Morgan fingerprint density at radius 1 is 0.821 bits per heavy atom. The van der Waals surface area contributed by atoms with Gasteiger partial charge in [-0.15, -0.1) is 10.2 Å². The molecule has 1 aliphatic heterocycles. The second-order valence-corrected chi connectivity index (χ2v) is 8.18. The Kier molecular flexibility index (Phi) is 5.55. The molecule has 1 aliphatic rings. The number of benzene rings is 2. The van der Waals surface area contributed by atoms with Gasteiger partial charge in [0.15, 0.2) is 0 Å². The van der Waals surface area contributed by atoms with Gasteiger partial charge in [0.1, 0.15) is 0 Å². The summed E-state index contributed by atoms with van der Waals surface area (Å²) in [5, 5.41) is 8.50. The van der Waals surface area contributed by atoms with Crippen LogP contribution in [0.5, 0.6) is 0 Å². The smallest absolute Gasteiger partial charge is 0.230 e. The molecule has 2 heterocycles. The van der Waals surface area contributed by atoms with Crippen LogP contribution in [0.1, 0.15) is 36.8 Å². The molecule has 28 heavy (non-hydrogen) atoms. The van der Waals surface area contributed by atoms with Gasteiger partial charge in [0.2, 0.25) is 11.8 Å². The Bertz CT molecular complexity index is 876. The highest BCUT2D eigenvalue weighted by Crippen LogP contribution is 2.24. The molecular formula is C23H28N4O. The topological polar surface area (TPSA) is 45.4 Å². The zero-order chi connectivity index (χ0) is 19.4. The molecule has 4 rings (SSSR count). The molecule has 0 N–H and O–H groups in total. The highest BCUT2D eigenvalue weighted by atomic mass is 16.4. The van der Waals surface area contributed by atoms with Crippen LogP contribution >= 0.6 is 0 Å². The Morgan fingerprint density at radius 3 is 2.14 bits per heavy atom. The normalized spacial score (nSPS) is 17.6.